The molecule has 0 radical (unpaired) electrons. The third-order valence-corrected chi connectivity index (χ3v) is 3.91. The molecule has 0 saturated carbocycles. The highest BCUT2D eigenvalue weighted by Crippen LogP contribution is 2.22. The first-order valence-electron chi connectivity index (χ1n) is 7.36. The Labute approximate surface area is 124 Å². The molecule has 0 aromatic rings. The van der Waals surface area contributed by atoms with Crippen LogP contribution in [0.4, 0.5) is 4.79 Å². The number of piperidine rings is 1. The SMILES string of the molecule is CC1CCCC(C)N1C(=O)N[C@H](CCCC(=O)O)C(=O)O. The van der Waals surface area contributed by atoms with Crippen molar-refractivity contribution in [2.24, 2.45) is 0 Å². The zero-order chi connectivity index (χ0) is 16.0. The van der Waals surface area contributed by atoms with Gasteiger partial charge in [-0.3, -0.25) is 4.79 Å². The van der Waals surface area contributed by atoms with Crippen LogP contribution in [0.1, 0.15) is 52.4 Å². The van der Waals surface area contributed by atoms with Crippen molar-refractivity contribution in [3.63, 3.8) is 0 Å². The molecule has 1 heterocycles. The fourth-order valence-electron chi connectivity index (χ4n) is 2.76. The lowest BCUT2D eigenvalue weighted by Crippen LogP contribution is -2.55. The van der Waals surface area contributed by atoms with E-state index in [0.717, 1.165) is 19.3 Å². The van der Waals surface area contributed by atoms with E-state index >= 15 is 0 Å². The van der Waals surface area contributed by atoms with E-state index in [1.54, 1.807) is 4.90 Å². The molecule has 3 N–H and O–H groups in total. The second-order valence-corrected chi connectivity index (χ2v) is 5.66. The number of hydrogen-bond donors (Lipinski definition) is 3. The van der Waals surface area contributed by atoms with Crippen molar-refractivity contribution >= 4 is 18.0 Å². The number of carboxylic acid groups (broad SMARTS) is 2. The number of urea groups is 1. The van der Waals surface area contributed by atoms with E-state index in [1.165, 1.54) is 0 Å². The van der Waals surface area contributed by atoms with Gasteiger partial charge in [-0.2, -0.15) is 0 Å². The van der Waals surface area contributed by atoms with Crippen LogP contribution in [0.3, 0.4) is 0 Å². The summed E-state index contributed by atoms with van der Waals surface area (Å²) in [5, 5.41) is 20.2. The van der Waals surface area contributed by atoms with Crippen LogP contribution in [-0.4, -0.2) is 51.2 Å². The van der Waals surface area contributed by atoms with Gasteiger partial charge in [0.2, 0.25) is 0 Å². The van der Waals surface area contributed by atoms with Crippen LogP contribution in [0.5, 0.6) is 0 Å². The first-order valence-corrected chi connectivity index (χ1v) is 7.36. The lowest BCUT2D eigenvalue weighted by atomic mass is 9.98. The smallest absolute Gasteiger partial charge is 0.326 e. The Balaban J connectivity index is 2.58. The summed E-state index contributed by atoms with van der Waals surface area (Å²) < 4.78 is 0. The molecule has 1 aliphatic heterocycles. The summed E-state index contributed by atoms with van der Waals surface area (Å²) in [5.74, 6) is -2.10. The van der Waals surface area contributed by atoms with Crippen LogP contribution in [0.15, 0.2) is 0 Å². The molecule has 0 spiro atoms. The molecule has 1 aliphatic rings. The van der Waals surface area contributed by atoms with Crippen molar-refractivity contribution in [2.45, 2.75) is 70.5 Å². The maximum Gasteiger partial charge on any atom is 0.326 e. The van der Waals surface area contributed by atoms with Crippen LogP contribution in [0, 0.1) is 0 Å². The Morgan fingerprint density at radius 2 is 1.76 bits per heavy atom. The molecule has 1 fully saturated rings. The molecule has 2 amide bonds. The summed E-state index contributed by atoms with van der Waals surface area (Å²) in [5.41, 5.74) is 0. The molecule has 21 heavy (non-hydrogen) atoms. The number of likely N-dealkylation sites (tertiary alicyclic amines) is 1. The van der Waals surface area contributed by atoms with Crippen molar-refractivity contribution in [1.82, 2.24) is 10.2 Å². The second kappa shape index (κ2) is 7.85. The quantitative estimate of drug-likeness (QED) is 0.691. The van der Waals surface area contributed by atoms with Crippen molar-refractivity contribution in [3.05, 3.63) is 0 Å². The molecule has 120 valence electrons. The predicted molar refractivity (Wildman–Crippen MR) is 76.1 cm³/mol. The molecule has 0 aromatic heterocycles. The van der Waals surface area contributed by atoms with Gasteiger partial charge < -0.3 is 20.4 Å². The molecule has 0 bridgehead atoms. The van der Waals surface area contributed by atoms with E-state index in [4.69, 9.17) is 10.2 Å². The van der Waals surface area contributed by atoms with Crippen LogP contribution in [0.2, 0.25) is 0 Å². The van der Waals surface area contributed by atoms with Gasteiger partial charge >= 0.3 is 18.0 Å². The van der Waals surface area contributed by atoms with Crippen LogP contribution >= 0.6 is 0 Å². The Hall–Kier alpha value is -1.79. The first-order chi connectivity index (χ1) is 9.82. The molecule has 3 atom stereocenters. The minimum atomic E-state index is -1.13. The largest absolute Gasteiger partial charge is 0.481 e. The number of carbonyl (C=O) groups excluding carboxylic acids is 1. The molecule has 1 rings (SSSR count). The molecular formula is C14H24N2O5. The normalized spacial score (nSPS) is 23.4. The molecule has 7 heteroatoms. The molecule has 2 unspecified atom stereocenters. The fraction of sp³-hybridized carbons (Fsp3) is 0.786. The van der Waals surface area contributed by atoms with Crippen molar-refractivity contribution in [1.29, 1.82) is 0 Å². The standard InChI is InChI=1S/C14H24N2O5/c1-9-5-3-6-10(2)16(9)14(21)15-11(13(19)20)7-4-8-12(17)18/h9-11H,3-8H2,1-2H3,(H,15,21)(H,17,18)(H,19,20)/t9?,10?,11-/m1/s1. The fourth-order valence-corrected chi connectivity index (χ4v) is 2.76. The van der Waals surface area contributed by atoms with Gasteiger partial charge in [-0.1, -0.05) is 0 Å². The van der Waals surface area contributed by atoms with Crippen molar-refractivity contribution in [3.8, 4) is 0 Å². The minimum absolute atomic E-state index is 0.0854. The maximum atomic E-state index is 12.3. The zero-order valence-corrected chi connectivity index (χ0v) is 12.5. The average Bonchev–Trinajstić information content (AvgIpc) is 2.36. The van der Waals surface area contributed by atoms with Crippen LogP contribution in [0.25, 0.3) is 0 Å². The van der Waals surface area contributed by atoms with E-state index in [-0.39, 0.29) is 37.4 Å². The highest BCUT2D eigenvalue weighted by molar-refractivity contribution is 5.83. The molecule has 0 aliphatic carbocycles. The predicted octanol–water partition coefficient (Wildman–Crippen LogP) is 1.67. The summed E-state index contributed by atoms with van der Waals surface area (Å²) in [6, 6.07) is -1.25. The van der Waals surface area contributed by atoms with Crippen LogP contribution in [-0.2, 0) is 9.59 Å². The minimum Gasteiger partial charge on any atom is -0.481 e. The van der Waals surface area contributed by atoms with Gasteiger partial charge in [-0.05, 0) is 46.0 Å². The number of nitrogens with zero attached hydrogens (tertiary/aromatic N) is 1. The molecule has 1 saturated heterocycles. The summed E-state index contributed by atoms with van der Waals surface area (Å²) in [4.78, 5) is 35.6. The zero-order valence-electron chi connectivity index (χ0n) is 12.5. The van der Waals surface area contributed by atoms with Gasteiger partial charge in [0.15, 0.2) is 0 Å². The van der Waals surface area contributed by atoms with Gasteiger partial charge in [0.1, 0.15) is 6.04 Å². The van der Waals surface area contributed by atoms with E-state index < -0.39 is 18.0 Å². The van der Waals surface area contributed by atoms with Crippen molar-refractivity contribution < 1.29 is 24.6 Å². The summed E-state index contributed by atoms with van der Waals surface area (Å²) in [6.45, 7) is 3.91. The third kappa shape index (κ3) is 5.24. The van der Waals surface area contributed by atoms with Crippen LogP contribution < -0.4 is 5.32 Å². The highest BCUT2D eigenvalue weighted by atomic mass is 16.4. The Morgan fingerprint density at radius 1 is 1.19 bits per heavy atom. The number of aliphatic carboxylic acids is 2. The topological polar surface area (TPSA) is 107 Å². The molecule has 7 nitrogen and oxygen atoms in total. The molecular weight excluding hydrogens is 276 g/mol. The van der Waals surface area contributed by atoms with E-state index in [1.807, 2.05) is 13.8 Å². The Kier molecular flexibility index (Phi) is 6.45. The Morgan fingerprint density at radius 3 is 2.24 bits per heavy atom. The number of nitrogens with one attached hydrogen (secondary N) is 1. The van der Waals surface area contributed by atoms with E-state index in [2.05, 4.69) is 5.32 Å². The number of rotatable bonds is 6. The summed E-state index contributed by atoms with van der Waals surface area (Å²) >= 11 is 0. The maximum absolute atomic E-state index is 12.3. The van der Waals surface area contributed by atoms with E-state index in [9.17, 15) is 14.4 Å². The summed E-state index contributed by atoms with van der Waals surface area (Å²) in [6.07, 6.45) is 3.12. The van der Waals surface area contributed by atoms with Gasteiger partial charge in [-0.25, -0.2) is 9.59 Å². The third-order valence-electron chi connectivity index (χ3n) is 3.91. The lowest BCUT2D eigenvalue weighted by molar-refractivity contribution is -0.140. The number of carbonyl (C=O) groups is 3. The second-order valence-electron chi connectivity index (χ2n) is 5.66. The first kappa shape index (κ1) is 17.3. The summed E-state index contributed by atoms with van der Waals surface area (Å²) in [7, 11) is 0. The van der Waals surface area contributed by atoms with E-state index in [0.29, 0.717) is 0 Å². The van der Waals surface area contributed by atoms with Gasteiger partial charge in [-0.15, -0.1) is 0 Å². The number of amides is 2. The van der Waals surface area contributed by atoms with Gasteiger partial charge in [0.05, 0.1) is 0 Å². The van der Waals surface area contributed by atoms with Crippen molar-refractivity contribution in [2.75, 3.05) is 0 Å². The average molecular weight is 300 g/mol. The lowest BCUT2D eigenvalue weighted by Gasteiger charge is -2.39. The number of hydrogen-bond acceptors (Lipinski definition) is 3. The Bertz CT molecular complexity index is 389. The van der Waals surface area contributed by atoms with Gasteiger partial charge in [0.25, 0.3) is 0 Å². The number of carboxylic acids is 2. The van der Waals surface area contributed by atoms with Gasteiger partial charge in [0, 0.05) is 18.5 Å². The monoisotopic (exact) mass is 300 g/mol. The highest BCUT2D eigenvalue weighted by Gasteiger charge is 2.31. The molecule has 0 aromatic carbocycles.